The van der Waals surface area contributed by atoms with Crippen molar-refractivity contribution in [2.45, 2.75) is 25.3 Å². The fourth-order valence-corrected chi connectivity index (χ4v) is 2.33. The van der Waals surface area contributed by atoms with Gasteiger partial charge in [-0.3, -0.25) is 4.79 Å². The lowest BCUT2D eigenvalue weighted by molar-refractivity contribution is -0.125. The van der Waals surface area contributed by atoms with Crippen LogP contribution in [-0.4, -0.2) is 30.0 Å². The van der Waals surface area contributed by atoms with Crippen molar-refractivity contribution in [3.05, 3.63) is 0 Å². The SMILES string of the molecule is C#CCSCCNC(=O)C1CCCC1N. The Morgan fingerprint density at radius 3 is 3.00 bits per heavy atom. The Balaban J connectivity index is 2.11. The van der Waals surface area contributed by atoms with Crippen LogP contribution in [-0.2, 0) is 4.79 Å². The Hall–Kier alpha value is -0.660. The molecule has 3 N–H and O–H groups in total. The maximum atomic E-state index is 11.6. The number of carbonyl (C=O) groups excluding carboxylic acids is 1. The fraction of sp³-hybridized carbons (Fsp3) is 0.727. The van der Waals surface area contributed by atoms with E-state index in [1.54, 1.807) is 11.8 Å². The van der Waals surface area contributed by atoms with Crippen molar-refractivity contribution in [3.63, 3.8) is 0 Å². The molecule has 1 rings (SSSR count). The summed E-state index contributed by atoms with van der Waals surface area (Å²) in [7, 11) is 0. The van der Waals surface area contributed by atoms with Crippen LogP contribution in [0.2, 0.25) is 0 Å². The second-order valence-corrected chi connectivity index (χ2v) is 4.85. The number of hydrogen-bond donors (Lipinski definition) is 2. The minimum absolute atomic E-state index is 0.0302. The lowest BCUT2D eigenvalue weighted by Gasteiger charge is -2.14. The summed E-state index contributed by atoms with van der Waals surface area (Å²) in [4.78, 5) is 11.6. The van der Waals surface area contributed by atoms with E-state index in [4.69, 9.17) is 12.2 Å². The summed E-state index contributed by atoms with van der Waals surface area (Å²) in [6, 6.07) is 0.0587. The maximum Gasteiger partial charge on any atom is 0.224 e. The zero-order valence-electron chi connectivity index (χ0n) is 8.87. The van der Waals surface area contributed by atoms with Crippen LogP contribution in [0.4, 0.5) is 0 Å². The molecule has 0 radical (unpaired) electrons. The second-order valence-electron chi connectivity index (χ2n) is 3.75. The lowest BCUT2D eigenvalue weighted by Crippen LogP contribution is -2.39. The first-order chi connectivity index (χ1) is 7.25. The molecule has 1 aliphatic carbocycles. The molecule has 1 saturated carbocycles. The summed E-state index contributed by atoms with van der Waals surface area (Å²) in [5.74, 6) is 4.27. The molecule has 2 unspecified atom stereocenters. The van der Waals surface area contributed by atoms with E-state index in [0.29, 0.717) is 12.3 Å². The highest BCUT2D eigenvalue weighted by Crippen LogP contribution is 2.23. The Bertz CT molecular complexity index is 249. The molecule has 0 aromatic heterocycles. The molecule has 84 valence electrons. The smallest absolute Gasteiger partial charge is 0.224 e. The van der Waals surface area contributed by atoms with E-state index in [0.717, 1.165) is 25.0 Å². The monoisotopic (exact) mass is 226 g/mol. The fourth-order valence-electron chi connectivity index (χ4n) is 1.82. The van der Waals surface area contributed by atoms with Gasteiger partial charge in [-0.2, -0.15) is 0 Å². The standard InChI is InChI=1S/C11H18N2OS/c1-2-7-15-8-6-13-11(14)9-4-3-5-10(9)12/h1,9-10H,3-8,12H2,(H,13,14). The van der Waals surface area contributed by atoms with Gasteiger partial charge in [0.15, 0.2) is 0 Å². The molecular weight excluding hydrogens is 208 g/mol. The molecule has 3 nitrogen and oxygen atoms in total. The molecule has 0 heterocycles. The van der Waals surface area contributed by atoms with Crippen LogP contribution in [0, 0.1) is 18.3 Å². The molecule has 15 heavy (non-hydrogen) atoms. The van der Waals surface area contributed by atoms with Crippen molar-refractivity contribution < 1.29 is 4.79 Å². The first kappa shape index (κ1) is 12.4. The quantitative estimate of drug-likeness (QED) is 0.533. The molecule has 0 aliphatic heterocycles. The molecule has 1 amide bonds. The number of terminal acetylenes is 1. The van der Waals surface area contributed by atoms with E-state index in [-0.39, 0.29) is 17.9 Å². The Kier molecular flexibility index (Phi) is 5.59. The van der Waals surface area contributed by atoms with E-state index < -0.39 is 0 Å². The number of hydrogen-bond acceptors (Lipinski definition) is 3. The average Bonchev–Trinajstić information content (AvgIpc) is 2.64. The molecule has 0 saturated heterocycles. The molecule has 0 bridgehead atoms. The van der Waals surface area contributed by atoms with Gasteiger partial charge in [0, 0.05) is 18.3 Å². The van der Waals surface area contributed by atoms with Gasteiger partial charge >= 0.3 is 0 Å². The number of nitrogens with one attached hydrogen (secondary N) is 1. The van der Waals surface area contributed by atoms with Crippen LogP contribution >= 0.6 is 11.8 Å². The normalized spacial score (nSPS) is 24.8. The molecule has 0 aromatic carbocycles. The van der Waals surface area contributed by atoms with Crippen LogP contribution in [0.25, 0.3) is 0 Å². The summed E-state index contributed by atoms with van der Waals surface area (Å²) in [6.07, 6.45) is 8.10. The summed E-state index contributed by atoms with van der Waals surface area (Å²) < 4.78 is 0. The zero-order valence-corrected chi connectivity index (χ0v) is 9.69. The number of amides is 1. The molecule has 1 aliphatic rings. The van der Waals surface area contributed by atoms with Crippen molar-refractivity contribution in [2.75, 3.05) is 18.1 Å². The predicted molar refractivity (Wildman–Crippen MR) is 64.5 cm³/mol. The first-order valence-corrected chi connectivity index (χ1v) is 6.45. The predicted octanol–water partition coefficient (Wildman–Crippen LogP) is 0.596. The molecule has 0 spiro atoms. The van der Waals surface area contributed by atoms with Crippen LogP contribution < -0.4 is 11.1 Å². The minimum Gasteiger partial charge on any atom is -0.355 e. The van der Waals surface area contributed by atoms with Gasteiger partial charge in [-0.25, -0.2) is 0 Å². The van der Waals surface area contributed by atoms with Crippen LogP contribution in [0.5, 0.6) is 0 Å². The third kappa shape index (κ3) is 4.15. The minimum atomic E-state index is 0.0302. The third-order valence-electron chi connectivity index (χ3n) is 2.64. The molecule has 1 fully saturated rings. The molecular formula is C11H18N2OS. The molecule has 2 atom stereocenters. The van der Waals surface area contributed by atoms with Gasteiger partial charge in [0.25, 0.3) is 0 Å². The van der Waals surface area contributed by atoms with Gasteiger partial charge in [0.2, 0.25) is 5.91 Å². The van der Waals surface area contributed by atoms with E-state index in [9.17, 15) is 4.79 Å². The summed E-state index contributed by atoms with van der Waals surface area (Å²) in [5, 5.41) is 2.91. The van der Waals surface area contributed by atoms with Crippen LogP contribution in [0.3, 0.4) is 0 Å². The number of carbonyl (C=O) groups is 1. The van der Waals surface area contributed by atoms with Gasteiger partial charge in [-0.05, 0) is 12.8 Å². The van der Waals surface area contributed by atoms with Crippen molar-refractivity contribution in [2.24, 2.45) is 11.7 Å². The first-order valence-electron chi connectivity index (χ1n) is 5.30. The molecule has 4 heteroatoms. The highest BCUT2D eigenvalue weighted by molar-refractivity contribution is 7.99. The number of thioether (sulfide) groups is 1. The second kappa shape index (κ2) is 6.76. The number of nitrogens with two attached hydrogens (primary N) is 1. The van der Waals surface area contributed by atoms with Gasteiger partial charge < -0.3 is 11.1 Å². The molecule has 0 aromatic rings. The maximum absolute atomic E-state index is 11.6. The van der Waals surface area contributed by atoms with Crippen molar-refractivity contribution in [1.29, 1.82) is 0 Å². The van der Waals surface area contributed by atoms with E-state index in [1.807, 2.05) is 0 Å². The van der Waals surface area contributed by atoms with Gasteiger partial charge in [0.1, 0.15) is 0 Å². The number of rotatable bonds is 5. The van der Waals surface area contributed by atoms with Crippen LogP contribution in [0.15, 0.2) is 0 Å². The van der Waals surface area contributed by atoms with E-state index >= 15 is 0 Å². The van der Waals surface area contributed by atoms with E-state index in [1.165, 1.54) is 0 Å². The van der Waals surface area contributed by atoms with Crippen molar-refractivity contribution in [3.8, 4) is 12.3 Å². The van der Waals surface area contributed by atoms with Crippen molar-refractivity contribution in [1.82, 2.24) is 5.32 Å². The third-order valence-corrected chi connectivity index (χ3v) is 3.50. The lowest BCUT2D eigenvalue weighted by atomic mass is 10.0. The highest BCUT2D eigenvalue weighted by atomic mass is 32.2. The summed E-state index contributed by atoms with van der Waals surface area (Å²) in [5.41, 5.74) is 5.84. The van der Waals surface area contributed by atoms with E-state index in [2.05, 4.69) is 11.2 Å². The largest absolute Gasteiger partial charge is 0.355 e. The Morgan fingerprint density at radius 2 is 2.40 bits per heavy atom. The van der Waals surface area contributed by atoms with Gasteiger partial charge in [-0.1, -0.05) is 12.3 Å². The van der Waals surface area contributed by atoms with Gasteiger partial charge in [-0.15, -0.1) is 18.2 Å². The summed E-state index contributed by atoms with van der Waals surface area (Å²) in [6.45, 7) is 0.689. The average molecular weight is 226 g/mol. The van der Waals surface area contributed by atoms with Crippen LogP contribution in [0.1, 0.15) is 19.3 Å². The van der Waals surface area contributed by atoms with Gasteiger partial charge in [0.05, 0.1) is 11.7 Å². The Labute approximate surface area is 95.6 Å². The van der Waals surface area contributed by atoms with Crippen molar-refractivity contribution >= 4 is 17.7 Å². The summed E-state index contributed by atoms with van der Waals surface area (Å²) >= 11 is 1.66. The highest BCUT2D eigenvalue weighted by Gasteiger charge is 2.29. The Morgan fingerprint density at radius 1 is 1.60 bits per heavy atom. The topological polar surface area (TPSA) is 55.1 Å². The zero-order chi connectivity index (χ0) is 11.1.